The third kappa shape index (κ3) is 4.83. The SMILES string of the molecule is COc1cc(-c2cc(C(=O)N3[C@@H]4CC[C@H]3C[C@H](C(=O)NC3CCC(N)(C(F)(F)F)CC3)C4)n[nH]2)c(F)cn1. The quantitative estimate of drug-likeness (QED) is 0.502. The van der Waals surface area contributed by atoms with Crippen molar-refractivity contribution in [3.63, 3.8) is 0 Å². The summed E-state index contributed by atoms with van der Waals surface area (Å²) in [5, 5.41) is 9.74. The Labute approximate surface area is 216 Å². The molecule has 5 rings (SSSR count). The van der Waals surface area contributed by atoms with E-state index in [1.807, 2.05) is 0 Å². The molecule has 13 heteroatoms. The summed E-state index contributed by atoms with van der Waals surface area (Å²) in [6.45, 7) is 0. The van der Waals surface area contributed by atoms with Gasteiger partial charge in [-0.15, -0.1) is 0 Å². The molecule has 2 bridgehead atoms. The summed E-state index contributed by atoms with van der Waals surface area (Å²) in [4.78, 5) is 31.9. The van der Waals surface area contributed by atoms with E-state index in [4.69, 9.17) is 10.5 Å². The Morgan fingerprint density at radius 2 is 1.82 bits per heavy atom. The van der Waals surface area contributed by atoms with Crippen LogP contribution in [0, 0.1) is 11.7 Å². The number of pyridine rings is 1. The van der Waals surface area contributed by atoms with E-state index in [0.717, 1.165) is 19.0 Å². The van der Waals surface area contributed by atoms with Crippen molar-refractivity contribution in [3.05, 3.63) is 29.8 Å². The summed E-state index contributed by atoms with van der Waals surface area (Å²) in [6, 6.07) is 2.26. The van der Waals surface area contributed by atoms with Gasteiger partial charge in [-0.3, -0.25) is 14.7 Å². The predicted octanol–water partition coefficient (Wildman–Crippen LogP) is 3.32. The highest BCUT2D eigenvalue weighted by Crippen LogP contribution is 2.41. The van der Waals surface area contributed by atoms with Crippen molar-refractivity contribution < 1.29 is 31.9 Å². The van der Waals surface area contributed by atoms with Crippen molar-refractivity contribution in [2.75, 3.05) is 7.11 Å². The molecule has 2 aliphatic heterocycles. The Morgan fingerprint density at radius 3 is 2.42 bits per heavy atom. The molecule has 38 heavy (non-hydrogen) atoms. The minimum absolute atomic E-state index is 0.145. The highest BCUT2D eigenvalue weighted by molar-refractivity contribution is 5.94. The van der Waals surface area contributed by atoms with Gasteiger partial charge in [0.15, 0.2) is 11.5 Å². The van der Waals surface area contributed by atoms with Crippen molar-refractivity contribution in [1.82, 2.24) is 25.4 Å². The van der Waals surface area contributed by atoms with Gasteiger partial charge in [0, 0.05) is 35.7 Å². The molecule has 2 aromatic rings. The van der Waals surface area contributed by atoms with Crippen molar-refractivity contribution >= 4 is 11.8 Å². The molecule has 4 N–H and O–H groups in total. The molecule has 1 saturated carbocycles. The second kappa shape index (κ2) is 9.83. The lowest BCUT2D eigenvalue weighted by Crippen LogP contribution is -2.58. The molecule has 206 valence electrons. The molecule has 0 unspecified atom stereocenters. The Kier molecular flexibility index (Phi) is 6.82. The van der Waals surface area contributed by atoms with Crippen LogP contribution in [0.2, 0.25) is 0 Å². The number of carbonyl (C=O) groups excluding carboxylic acids is 2. The number of halogens is 4. The Hall–Kier alpha value is -3.22. The zero-order valence-electron chi connectivity index (χ0n) is 20.9. The van der Waals surface area contributed by atoms with Crippen molar-refractivity contribution in [1.29, 1.82) is 0 Å². The maximum Gasteiger partial charge on any atom is 0.406 e. The van der Waals surface area contributed by atoms with Crippen LogP contribution in [0.3, 0.4) is 0 Å². The second-order valence-corrected chi connectivity index (χ2v) is 10.6. The van der Waals surface area contributed by atoms with Gasteiger partial charge in [0.1, 0.15) is 5.54 Å². The number of amides is 2. The summed E-state index contributed by atoms with van der Waals surface area (Å²) in [5.41, 5.74) is 3.99. The lowest BCUT2D eigenvalue weighted by molar-refractivity contribution is -0.194. The van der Waals surface area contributed by atoms with Crippen LogP contribution in [0.5, 0.6) is 5.88 Å². The molecule has 2 saturated heterocycles. The molecular weight excluding hydrogens is 508 g/mol. The topological polar surface area (TPSA) is 126 Å². The van der Waals surface area contributed by atoms with Gasteiger partial charge < -0.3 is 20.7 Å². The number of piperidine rings is 1. The maximum absolute atomic E-state index is 14.3. The molecule has 1 aliphatic carbocycles. The molecular formula is C25H30F4N6O3. The van der Waals surface area contributed by atoms with Gasteiger partial charge in [0.05, 0.1) is 19.0 Å². The average molecular weight is 539 g/mol. The maximum atomic E-state index is 14.3. The van der Waals surface area contributed by atoms with Crippen LogP contribution in [0.15, 0.2) is 18.3 Å². The van der Waals surface area contributed by atoms with E-state index in [1.165, 1.54) is 19.2 Å². The first-order chi connectivity index (χ1) is 18.0. The van der Waals surface area contributed by atoms with E-state index < -0.39 is 17.5 Å². The number of rotatable bonds is 5. The molecule has 3 atom stereocenters. The number of aromatic nitrogens is 3. The van der Waals surface area contributed by atoms with Crippen molar-refractivity contribution in [2.24, 2.45) is 11.7 Å². The fourth-order valence-electron chi connectivity index (χ4n) is 6.04. The van der Waals surface area contributed by atoms with E-state index in [9.17, 15) is 27.2 Å². The van der Waals surface area contributed by atoms with Gasteiger partial charge in [-0.2, -0.15) is 18.3 Å². The zero-order valence-corrected chi connectivity index (χ0v) is 20.9. The number of fused-ring (bicyclic) bond motifs is 2. The number of nitrogens with zero attached hydrogens (tertiary/aromatic N) is 3. The number of hydrogen-bond acceptors (Lipinski definition) is 6. The standard InChI is InChI=1S/C25H30F4N6O3/c1-38-21-10-17(18(26)12-31-21)19-11-20(34-33-19)23(37)35-15-2-3-16(35)9-13(8-15)22(36)32-14-4-6-24(30,7-5-14)25(27,28)29/h10-16H,2-9,30H2,1H3,(H,32,36)(H,33,34)/t13-,14?,15-,16+,24?. The lowest BCUT2D eigenvalue weighted by atomic mass is 9.79. The van der Waals surface area contributed by atoms with Gasteiger partial charge in [-0.25, -0.2) is 9.37 Å². The number of H-pyrrole nitrogens is 1. The normalized spacial score (nSPS) is 29.3. The highest BCUT2D eigenvalue weighted by atomic mass is 19.4. The smallest absolute Gasteiger partial charge is 0.406 e. The van der Waals surface area contributed by atoms with Crippen LogP contribution in [0.1, 0.15) is 61.9 Å². The molecule has 0 radical (unpaired) electrons. The van der Waals surface area contributed by atoms with Crippen LogP contribution < -0.4 is 15.8 Å². The Morgan fingerprint density at radius 1 is 1.16 bits per heavy atom. The largest absolute Gasteiger partial charge is 0.481 e. The minimum Gasteiger partial charge on any atom is -0.481 e. The third-order valence-corrected chi connectivity index (χ3v) is 8.25. The second-order valence-electron chi connectivity index (χ2n) is 10.6. The molecule has 0 aromatic carbocycles. The summed E-state index contributed by atoms with van der Waals surface area (Å²) >= 11 is 0. The number of carbonyl (C=O) groups is 2. The number of aromatic amines is 1. The van der Waals surface area contributed by atoms with E-state index in [1.54, 1.807) is 4.90 Å². The Balaban J connectivity index is 1.20. The lowest BCUT2D eigenvalue weighted by Gasteiger charge is -2.40. The van der Waals surface area contributed by atoms with Crippen molar-refractivity contribution in [2.45, 2.75) is 81.2 Å². The van der Waals surface area contributed by atoms with Crippen LogP contribution in [0.4, 0.5) is 17.6 Å². The number of hydrogen-bond donors (Lipinski definition) is 3. The highest BCUT2D eigenvalue weighted by Gasteiger charge is 2.53. The minimum atomic E-state index is -4.46. The fraction of sp³-hybridized carbons (Fsp3) is 0.600. The van der Waals surface area contributed by atoms with E-state index >= 15 is 0 Å². The van der Waals surface area contributed by atoms with E-state index in [0.29, 0.717) is 18.5 Å². The summed E-state index contributed by atoms with van der Waals surface area (Å²) in [7, 11) is 1.42. The predicted molar refractivity (Wildman–Crippen MR) is 127 cm³/mol. The van der Waals surface area contributed by atoms with Gasteiger partial charge in [-0.1, -0.05) is 0 Å². The average Bonchev–Trinajstić information content (AvgIpc) is 3.47. The number of ether oxygens (including phenoxy) is 1. The number of nitrogens with two attached hydrogens (primary N) is 1. The Bertz CT molecular complexity index is 1200. The fourth-order valence-corrected chi connectivity index (χ4v) is 6.04. The number of nitrogens with one attached hydrogen (secondary N) is 2. The first-order valence-electron chi connectivity index (χ1n) is 12.7. The van der Waals surface area contributed by atoms with Gasteiger partial charge in [0.25, 0.3) is 5.91 Å². The summed E-state index contributed by atoms with van der Waals surface area (Å²) < 4.78 is 58.9. The van der Waals surface area contributed by atoms with Gasteiger partial charge >= 0.3 is 6.18 Å². The van der Waals surface area contributed by atoms with E-state index in [-0.39, 0.29) is 78.7 Å². The first kappa shape index (κ1) is 26.4. The van der Waals surface area contributed by atoms with Crippen molar-refractivity contribution in [3.8, 4) is 17.1 Å². The number of alkyl halides is 3. The molecule has 2 aromatic heterocycles. The third-order valence-electron chi connectivity index (χ3n) is 8.25. The first-order valence-corrected chi connectivity index (χ1v) is 12.7. The molecule has 3 fully saturated rings. The summed E-state index contributed by atoms with van der Waals surface area (Å²) in [6.07, 6.45) is -1.08. The molecule has 2 amide bonds. The summed E-state index contributed by atoms with van der Waals surface area (Å²) in [5.74, 6) is -1.16. The molecule has 9 nitrogen and oxygen atoms in total. The monoisotopic (exact) mass is 538 g/mol. The van der Waals surface area contributed by atoms with Gasteiger partial charge in [-0.05, 0) is 57.4 Å². The zero-order chi connectivity index (χ0) is 27.2. The molecule has 4 heterocycles. The molecule has 3 aliphatic rings. The van der Waals surface area contributed by atoms with Crippen LogP contribution in [-0.2, 0) is 4.79 Å². The number of methoxy groups -OCH3 is 1. The van der Waals surface area contributed by atoms with Gasteiger partial charge in [0.2, 0.25) is 11.8 Å². The van der Waals surface area contributed by atoms with Crippen LogP contribution in [-0.4, -0.2) is 68.8 Å². The van der Waals surface area contributed by atoms with Crippen LogP contribution in [0.25, 0.3) is 11.3 Å². The molecule has 0 spiro atoms. The van der Waals surface area contributed by atoms with Crippen LogP contribution >= 0.6 is 0 Å². The van der Waals surface area contributed by atoms with E-state index in [2.05, 4.69) is 20.5 Å².